The summed E-state index contributed by atoms with van der Waals surface area (Å²) in [6.07, 6.45) is 0. The van der Waals surface area contributed by atoms with Gasteiger partial charge in [-0.25, -0.2) is 4.98 Å². The molecule has 0 spiro atoms. The molecule has 0 aliphatic heterocycles. The van der Waals surface area contributed by atoms with Crippen LogP contribution in [0.2, 0.25) is 0 Å². The van der Waals surface area contributed by atoms with Crippen LogP contribution in [0.5, 0.6) is 5.88 Å². The van der Waals surface area contributed by atoms with Crippen LogP contribution in [0.3, 0.4) is 0 Å². The van der Waals surface area contributed by atoms with E-state index in [1.165, 1.54) is 0 Å². The van der Waals surface area contributed by atoms with Crippen molar-refractivity contribution in [3.8, 4) is 27.6 Å². The number of aromatic hydroxyl groups is 1. The van der Waals surface area contributed by atoms with Gasteiger partial charge in [0.05, 0.1) is 0 Å². The highest BCUT2D eigenvalue weighted by molar-refractivity contribution is 9.10. The number of aromatic nitrogens is 1. The Balaban J connectivity index is 2.22. The molecule has 5 heteroatoms. The molecule has 0 radical (unpaired) electrons. The van der Waals surface area contributed by atoms with Crippen LogP contribution in [-0.2, 0) is 0 Å². The van der Waals surface area contributed by atoms with Crippen molar-refractivity contribution >= 4 is 27.3 Å². The first-order chi connectivity index (χ1) is 11.0. The van der Waals surface area contributed by atoms with Crippen molar-refractivity contribution in [1.82, 2.24) is 4.98 Å². The molecular formula is C18H14BrNO2S. The maximum atomic E-state index is 12.6. The van der Waals surface area contributed by atoms with E-state index in [0.29, 0.717) is 5.01 Å². The molecule has 0 saturated heterocycles. The summed E-state index contributed by atoms with van der Waals surface area (Å²) >= 11 is 4.49. The van der Waals surface area contributed by atoms with Crippen LogP contribution < -0.4 is 4.74 Å². The highest BCUT2D eigenvalue weighted by Gasteiger charge is 2.18. The first-order valence-corrected chi connectivity index (χ1v) is 8.65. The largest absolute Gasteiger partial charge is 0.493 e. The molecule has 0 aliphatic carbocycles. The summed E-state index contributed by atoms with van der Waals surface area (Å²) in [6, 6.07) is 13.2. The van der Waals surface area contributed by atoms with Crippen molar-refractivity contribution in [2.75, 3.05) is 0 Å². The van der Waals surface area contributed by atoms with E-state index in [1.807, 2.05) is 56.3 Å². The fourth-order valence-electron chi connectivity index (χ4n) is 2.63. The average Bonchev–Trinajstić information content (AvgIpc) is 2.49. The van der Waals surface area contributed by atoms with E-state index in [1.54, 1.807) is 0 Å². The molecule has 0 unspecified atom stereocenters. The van der Waals surface area contributed by atoms with Crippen molar-refractivity contribution in [3.05, 3.63) is 67.6 Å². The third-order valence-corrected chi connectivity index (χ3v) is 4.96. The van der Waals surface area contributed by atoms with Gasteiger partial charge in [-0.15, -0.1) is 0 Å². The Hall–Kier alpha value is -1.98. The van der Waals surface area contributed by atoms with Crippen molar-refractivity contribution in [3.63, 3.8) is 0 Å². The summed E-state index contributed by atoms with van der Waals surface area (Å²) < 4.78 is 0.755. The third kappa shape index (κ3) is 3.07. The molecule has 0 saturated carbocycles. The first kappa shape index (κ1) is 15.9. The van der Waals surface area contributed by atoms with E-state index in [0.717, 1.165) is 38.1 Å². The SMILES string of the molecule is Cc1cc(Br)cc(C)c1-c1c(O)nc(-c2ccccc2)sc1=O. The Morgan fingerprint density at radius 1 is 1.04 bits per heavy atom. The van der Waals surface area contributed by atoms with E-state index >= 15 is 0 Å². The van der Waals surface area contributed by atoms with Crippen LogP contribution in [0.4, 0.5) is 0 Å². The lowest BCUT2D eigenvalue weighted by Crippen LogP contribution is -2.05. The molecule has 0 fully saturated rings. The topological polar surface area (TPSA) is 50.2 Å². The molecule has 1 heterocycles. The van der Waals surface area contributed by atoms with Gasteiger partial charge in [-0.1, -0.05) is 57.6 Å². The number of hydrogen-bond acceptors (Lipinski definition) is 4. The van der Waals surface area contributed by atoms with Crippen molar-refractivity contribution < 1.29 is 5.11 Å². The summed E-state index contributed by atoms with van der Waals surface area (Å²) in [4.78, 5) is 16.9. The smallest absolute Gasteiger partial charge is 0.247 e. The van der Waals surface area contributed by atoms with Crippen LogP contribution in [0.15, 0.2) is 51.7 Å². The summed E-state index contributed by atoms with van der Waals surface area (Å²) in [5.74, 6) is -0.221. The molecule has 0 aliphatic rings. The quantitative estimate of drug-likeness (QED) is 0.678. The molecule has 23 heavy (non-hydrogen) atoms. The van der Waals surface area contributed by atoms with Crippen LogP contribution in [0, 0.1) is 13.8 Å². The molecule has 3 aromatic rings. The molecule has 3 rings (SSSR count). The van der Waals surface area contributed by atoms with E-state index in [9.17, 15) is 9.90 Å². The van der Waals surface area contributed by atoms with E-state index < -0.39 is 0 Å². The number of rotatable bonds is 2. The Bertz CT molecular complexity index is 912. The summed E-state index contributed by atoms with van der Waals surface area (Å²) in [7, 11) is 0. The number of nitrogens with zero attached hydrogens (tertiary/aromatic N) is 1. The summed E-state index contributed by atoms with van der Waals surface area (Å²) in [5, 5.41) is 10.9. The van der Waals surface area contributed by atoms with Crippen LogP contribution >= 0.6 is 27.3 Å². The van der Waals surface area contributed by atoms with Crippen LogP contribution in [0.1, 0.15) is 11.1 Å². The predicted molar refractivity (Wildman–Crippen MR) is 98.1 cm³/mol. The van der Waals surface area contributed by atoms with Gasteiger partial charge >= 0.3 is 0 Å². The highest BCUT2D eigenvalue weighted by atomic mass is 79.9. The Labute approximate surface area is 146 Å². The number of aryl methyl sites for hydroxylation is 2. The van der Waals surface area contributed by atoms with Gasteiger partial charge in [0, 0.05) is 10.0 Å². The Kier molecular flexibility index (Phi) is 4.33. The molecular weight excluding hydrogens is 374 g/mol. The first-order valence-electron chi connectivity index (χ1n) is 7.04. The molecule has 0 bridgehead atoms. The lowest BCUT2D eigenvalue weighted by molar-refractivity contribution is 0.457. The fraction of sp³-hybridized carbons (Fsp3) is 0.111. The maximum absolute atomic E-state index is 12.6. The second kappa shape index (κ2) is 6.26. The lowest BCUT2D eigenvalue weighted by atomic mass is 9.98. The molecule has 1 N–H and O–H groups in total. The van der Waals surface area contributed by atoms with Gasteiger partial charge in [0.2, 0.25) is 10.6 Å². The normalized spacial score (nSPS) is 10.7. The molecule has 0 atom stereocenters. The van der Waals surface area contributed by atoms with Crippen molar-refractivity contribution in [1.29, 1.82) is 0 Å². The monoisotopic (exact) mass is 387 g/mol. The number of halogens is 1. The van der Waals surface area contributed by atoms with Gasteiger partial charge in [-0.05, 0) is 42.7 Å². The van der Waals surface area contributed by atoms with Gasteiger partial charge in [-0.3, -0.25) is 4.79 Å². The number of benzene rings is 2. The van der Waals surface area contributed by atoms with Crippen LogP contribution in [-0.4, -0.2) is 10.1 Å². The minimum atomic E-state index is -0.221. The Morgan fingerprint density at radius 2 is 1.65 bits per heavy atom. The van der Waals surface area contributed by atoms with Gasteiger partial charge in [-0.2, -0.15) is 0 Å². The van der Waals surface area contributed by atoms with E-state index in [-0.39, 0.29) is 16.2 Å². The fourth-order valence-corrected chi connectivity index (χ4v) is 4.17. The zero-order valence-electron chi connectivity index (χ0n) is 12.6. The van der Waals surface area contributed by atoms with Gasteiger partial charge in [0.15, 0.2) is 0 Å². The molecule has 0 amide bonds. The lowest BCUT2D eigenvalue weighted by Gasteiger charge is -2.11. The van der Waals surface area contributed by atoms with Crippen LogP contribution in [0.25, 0.3) is 21.7 Å². The maximum Gasteiger partial charge on any atom is 0.247 e. The van der Waals surface area contributed by atoms with E-state index in [2.05, 4.69) is 20.9 Å². The summed E-state index contributed by atoms with van der Waals surface area (Å²) in [5.41, 5.74) is 3.69. The second-order valence-corrected chi connectivity index (χ2v) is 7.16. The van der Waals surface area contributed by atoms with Crippen molar-refractivity contribution in [2.45, 2.75) is 13.8 Å². The zero-order valence-corrected chi connectivity index (χ0v) is 15.0. The highest BCUT2D eigenvalue weighted by Crippen LogP contribution is 2.34. The van der Waals surface area contributed by atoms with E-state index in [4.69, 9.17) is 0 Å². The zero-order chi connectivity index (χ0) is 16.6. The predicted octanol–water partition coefficient (Wildman–Crippen LogP) is 4.92. The molecule has 116 valence electrons. The Morgan fingerprint density at radius 3 is 2.22 bits per heavy atom. The second-order valence-electron chi connectivity index (χ2n) is 5.29. The molecule has 1 aromatic heterocycles. The number of hydrogen-bond donors (Lipinski definition) is 1. The minimum Gasteiger partial charge on any atom is -0.493 e. The van der Waals surface area contributed by atoms with Gasteiger partial charge < -0.3 is 5.11 Å². The van der Waals surface area contributed by atoms with Crippen molar-refractivity contribution in [2.24, 2.45) is 0 Å². The minimum absolute atomic E-state index is 0.190. The third-order valence-electron chi connectivity index (χ3n) is 3.59. The van der Waals surface area contributed by atoms with Gasteiger partial charge in [0.25, 0.3) is 0 Å². The standard InChI is InChI=1S/C18H14BrNO2S/c1-10-8-13(19)9-11(2)14(10)15-16(21)20-17(23-18(15)22)12-6-4-3-5-7-12/h3-9,21H,1-2H3. The van der Waals surface area contributed by atoms with Gasteiger partial charge in [0.1, 0.15) is 10.6 Å². The average molecular weight is 388 g/mol. The molecule has 3 nitrogen and oxygen atoms in total. The molecule has 2 aromatic carbocycles. The summed E-state index contributed by atoms with van der Waals surface area (Å²) in [6.45, 7) is 3.84.